The molecule has 0 aliphatic rings. The van der Waals surface area contributed by atoms with E-state index in [1.807, 2.05) is 6.92 Å². The third kappa shape index (κ3) is 6.83. The lowest BCUT2D eigenvalue weighted by molar-refractivity contribution is 0.0635. The number of amides is 2. The number of nitrogens with zero attached hydrogens (tertiary/aromatic N) is 1. The fraction of sp³-hybridized carbons (Fsp3) is 0.241. The zero-order valence-electron chi connectivity index (χ0n) is 22.3. The van der Waals surface area contributed by atoms with Gasteiger partial charge in [-0.1, -0.05) is 18.2 Å². The smallest absolute Gasteiger partial charge is 0.412 e. The lowest BCUT2D eigenvalue weighted by Crippen LogP contribution is -2.27. The quantitative estimate of drug-likeness (QED) is 0.261. The fourth-order valence-electron chi connectivity index (χ4n) is 3.87. The minimum atomic E-state index is -2.57. The van der Waals surface area contributed by atoms with Crippen molar-refractivity contribution >= 4 is 44.1 Å². The summed E-state index contributed by atoms with van der Waals surface area (Å²) in [5.41, 5.74) is 1.71. The Kier molecular flexibility index (Phi) is 7.78. The molecule has 0 bridgehead atoms. The predicted octanol–water partition coefficient (Wildman–Crippen LogP) is 7.31. The molecule has 0 fully saturated rings. The molecule has 1 unspecified atom stereocenters. The summed E-state index contributed by atoms with van der Waals surface area (Å²) < 4.78 is 41.6. The van der Waals surface area contributed by atoms with Gasteiger partial charge in [-0.2, -0.15) is 0 Å². The molecule has 1 aromatic heterocycles. The van der Waals surface area contributed by atoms with Crippen molar-refractivity contribution in [1.82, 2.24) is 0 Å². The van der Waals surface area contributed by atoms with Crippen molar-refractivity contribution in [3.63, 3.8) is 0 Å². The van der Waals surface area contributed by atoms with Crippen LogP contribution in [0.5, 0.6) is 0 Å². The Balaban J connectivity index is 1.67. The molecule has 204 valence electrons. The molecule has 10 heteroatoms. The Morgan fingerprint density at radius 1 is 0.949 bits per heavy atom. The molecule has 4 aromatic rings. The highest BCUT2D eigenvalue weighted by atomic mass is 32.2. The van der Waals surface area contributed by atoms with Gasteiger partial charge in [0.05, 0.1) is 21.1 Å². The number of hydrogen-bond donors (Lipinski definition) is 2. The number of carbonyl (C=O) groups excluding carboxylic acids is 2. The maximum absolute atomic E-state index is 13.5. The molecule has 2 N–H and O–H groups in total. The van der Waals surface area contributed by atoms with Crippen molar-refractivity contribution in [3.8, 4) is 11.1 Å². The van der Waals surface area contributed by atoms with Crippen LogP contribution in [0.2, 0.25) is 0 Å². The summed E-state index contributed by atoms with van der Waals surface area (Å²) >= 11 is 0. The van der Waals surface area contributed by atoms with Gasteiger partial charge < -0.3 is 14.5 Å². The van der Waals surface area contributed by atoms with Gasteiger partial charge in [0.25, 0.3) is 5.91 Å². The first kappa shape index (κ1) is 27.8. The summed E-state index contributed by atoms with van der Waals surface area (Å²) in [6.45, 7) is 7.47. The summed E-state index contributed by atoms with van der Waals surface area (Å²) in [4.78, 5) is 26.3. The van der Waals surface area contributed by atoms with E-state index in [1.165, 1.54) is 12.1 Å². The molecule has 0 saturated carbocycles. The lowest BCUT2D eigenvalue weighted by Gasteiger charge is -2.21. The number of hydrogen-bond acceptors (Lipinski definition) is 6. The zero-order valence-corrected chi connectivity index (χ0v) is 23.1. The summed E-state index contributed by atoms with van der Waals surface area (Å²) in [5, 5.41) is 6.06. The van der Waals surface area contributed by atoms with E-state index in [0.29, 0.717) is 39.2 Å². The molecule has 0 spiro atoms. The largest absolute Gasteiger partial charge is 0.451 e. The maximum atomic E-state index is 13.5. The molecule has 0 aliphatic heterocycles. The van der Waals surface area contributed by atoms with E-state index in [2.05, 4.69) is 15.0 Å². The predicted molar refractivity (Wildman–Crippen MR) is 151 cm³/mol. The molecule has 1 atom stereocenters. The second-order valence-corrected chi connectivity index (χ2v) is 12.2. The van der Waals surface area contributed by atoms with E-state index in [1.54, 1.807) is 81.6 Å². The number of carbonyl (C=O) groups is 2. The number of ether oxygens (including phenoxy) is 1. The van der Waals surface area contributed by atoms with E-state index in [4.69, 9.17) is 9.15 Å². The zero-order chi connectivity index (χ0) is 28.4. The first-order valence-corrected chi connectivity index (χ1v) is 14.2. The van der Waals surface area contributed by atoms with Crippen LogP contribution in [0.15, 0.2) is 80.4 Å². The van der Waals surface area contributed by atoms with Gasteiger partial charge in [-0.3, -0.25) is 10.1 Å². The standard InChI is InChI=1S/C29H30FN3O5S/c1-6-31-39(5,36)22-12-14-25-20(15-22)17-26(37-25)27(34)32-24-16-19(18-7-10-21(30)11-8-18)9-13-23(24)33-28(35)38-29(2,3)4/h7-17H,6H2,1-5H3,(H,32,34)(H,33,35). The van der Waals surface area contributed by atoms with Crippen molar-refractivity contribution < 1.29 is 27.3 Å². The Hall–Kier alpha value is -4.18. The van der Waals surface area contributed by atoms with Gasteiger partial charge in [0, 0.05) is 23.1 Å². The fourth-order valence-corrected chi connectivity index (χ4v) is 5.17. The minimum absolute atomic E-state index is 0.0209. The third-order valence-corrected chi connectivity index (χ3v) is 7.48. The lowest BCUT2D eigenvalue weighted by atomic mass is 10.0. The van der Waals surface area contributed by atoms with Gasteiger partial charge >= 0.3 is 6.09 Å². The van der Waals surface area contributed by atoms with Crippen LogP contribution in [0, 0.1) is 5.82 Å². The number of halogens is 1. The molecule has 1 heterocycles. The molecule has 0 radical (unpaired) electrons. The molecule has 8 nitrogen and oxygen atoms in total. The summed E-state index contributed by atoms with van der Waals surface area (Å²) in [6, 6.07) is 17.5. The van der Waals surface area contributed by atoms with Crippen LogP contribution in [0.3, 0.4) is 0 Å². The van der Waals surface area contributed by atoms with E-state index in [9.17, 15) is 18.2 Å². The summed E-state index contributed by atoms with van der Waals surface area (Å²) in [7, 11) is -2.57. The monoisotopic (exact) mass is 551 g/mol. The normalized spacial score (nSPS) is 13.0. The Morgan fingerprint density at radius 3 is 2.31 bits per heavy atom. The van der Waals surface area contributed by atoms with Crippen LogP contribution < -0.4 is 10.6 Å². The Morgan fingerprint density at radius 2 is 1.64 bits per heavy atom. The molecular formula is C29H30FN3O5S. The Bertz CT molecular complexity index is 1660. The molecule has 0 aliphatic carbocycles. The van der Waals surface area contributed by atoms with Crippen molar-refractivity contribution in [2.75, 3.05) is 23.4 Å². The highest BCUT2D eigenvalue weighted by Crippen LogP contribution is 2.31. The molecule has 39 heavy (non-hydrogen) atoms. The van der Waals surface area contributed by atoms with Gasteiger partial charge in [-0.05, 0) is 87.4 Å². The maximum Gasteiger partial charge on any atom is 0.412 e. The number of rotatable bonds is 6. The summed E-state index contributed by atoms with van der Waals surface area (Å²) in [5.74, 6) is -0.912. The number of furan rings is 1. The molecule has 2 amide bonds. The highest BCUT2D eigenvalue weighted by molar-refractivity contribution is 7.93. The molecule has 3 aromatic carbocycles. The van der Waals surface area contributed by atoms with Gasteiger partial charge in [0.15, 0.2) is 5.76 Å². The first-order valence-electron chi connectivity index (χ1n) is 12.3. The van der Waals surface area contributed by atoms with Crippen LogP contribution in [0.4, 0.5) is 20.6 Å². The average Bonchev–Trinajstić information content (AvgIpc) is 3.28. The van der Waals surface area contributed by atoms with Gasteiger partial charge in [0.2, 0.25) is 0 Å². The van der Waals surface area contributed by atoms with Gasteiger partial charge in [0.1, 0.15) is 17.0 Å². The minimum Gasteiger partial charge on any atom is -0.451 e. The van der Waals surface area contributed by atoms with Crippen molar-refractivity contribution in [3.05, 3.63) is 78.3 Å². The third-order valence-electron chi connectivity index (χ3n) is 5.61. The molecule has 4 rings (SSSR count). The number of fused-ring (bicyclic) bond motifs is 1. The number of anilines is 2. The second kappa shape index (κ2) is 10.9. The van der Waals surface area contributed by atoms with Crippen LogP contribution in [-0.4, -0.2) is 34.6 Å². The van der Waals surface area contributed by atoms with Crippen molar-refractivity contribution in [1.29, 1.82) is 0 Å². The second-order valence-electron chi connectivity index (χ2n) is 9.91. The van der Waals surface area contributed by atoms with Crippen LogP contribution in [0.25, 0.3) is 22.1 Å². The van der Waals surface area contributed by atoms with Crippen LogP contribution in [-0.2, 0) is 14.5 Å². The molecular weight excluding hydrogens is 521 g/mol. The SMILES string of the molecule is CCN=S(C)(=O)c1ccc2oc(C(=O)Nc3cc(-c4ccc(F)cc4)ccc3NC(=O)OC(C)(C)C)cc2c1. The van der Waals surface area contributed by atoms with E-state index >= 15 is 0 Å². The van der Waals surface area contributed by atoms with Gasteiger partial charge in [-0.15, -0.1) is 0 Å². The number of benzene rings is 3. The van der Waals surface area contributed by atoms with Crippen molar-refractivity contribution in [2.24, 2.45) is 4.36 Å². The van der Waals surface area contributed by atoms with E-state index in [0.717, 1.165) is 0 Å². The highest BCUT2D eigenvalue weighted by Gasteiger charge is 2.20. The van der Waals surface area contributed by atoms with Crippen molar-refractivity contribution in [2.45, 2.75) is 38.2 Å². The van der Waals surface area contributed by atoms with E-state index in [-0.39, 0.29) is 17.3 Å². The van der Waals surface area contributed by atoms with Gasteiger partial charge in [-0.25, -0.2) is 17.8 Å². The van der Waals surface area contributed by atoms with Crippen LogP contribution in [0.1, 0.15) is 38.2 Å². The number of nitrogens with one attached hydrogen (secondary N) is 2. The first-order chi connectivity index (χ1) is 18.3. The summed E-state index contributed by atoms with van der Waals surface area (Å²) in [6.07, 6.45) is 0.878. The average molecular weight is 552 g/mol. The Labute approximate surface area is 226 Å². The molecule has 0 saturated heterocycles. The topological polar surface area (TPSA) is 110 Å². The van der Waals surface area contributed by atoms with Crippen LogP contribution >= 0.6 is 0 Å². The van der Waals surface area contributed by atoms with E-state index < -0.39 is 27.3 Å².